The van der Waals surface area contributed by atoms with E-state index in [2.05, 4.69) is 40.4 Å². The molecule has 0 saturated carbocycles. The van der Waals surface area contributed by atoms with Crippen molar-refractivity contribution in [3.05, 3.63) is 53.6 Å². The average molecular weight is 359 g/mol. The first-order valence-corrected chi connectivity index (χ1v) is 11.3. The molecule has 1 aliphatic carbocycles. The van der Waals surface area contributed by atoms with Crippen LogP contribution in [0, 0.1) is 0 Å². The van der Waals surface area contributed by atoms with E-state index in [0.29, 0.717) is 12.0 Å². The van der Waals surface area contributed by atoms with E-state index in [1.807, 2.05) is 0 Å². The van der Waals surface area contributed by atoms with Crippen molar-refractivity contribution in [2.45, 2.75) is 51.4 Å². The number of phenols is 1. The van der Waals surface area contributed by atoms with Crippen molar-refractivity contribution in [2.24, 2.45) is 0 Å². The van der Waals surface area contributed by atoms with Crippen LogP contribution >= 0.6 is 0 Å². The second-order valence-corrected chi connectivity index (χ2v) is 12.7. The van der Waals surface area contributed by atoms with E-state index in [0.717, 1.165) is 0 Å². The van der Waals surface area contributed by atoms with Crippen LogP contribution in [0.4, 0.5) is 0 Å². The van der Waals surface area contributed by atoms with Crippen molar-refractivity contribution in [3.63, 3.8) is 0 Å². The summed E-state index contributed by atoms with van der Waals surface area (Å²) in [6, 6.07) is 3.20. The fraction of sp³-hybridized carbons (Fsp3) is 0.400. The van der Waals surface area contributed by atoms with Crippen LogP contribution in [0.1, 0.15) is 59.6 Å². The number of aromatic hydroxyl groups is 1. The highest BCUT2D eigenvalue weighted by Crippen LogP contribution is 2.41. The molecule has 1 aromatic carbocycles. The van der Waals surface area contributed by atoms with Crippen molar-refractivity contribution in [3.8, 4) is 5.75 Å². The summed E-state index contributed by atoms with van der Waals surface area (Å²) in [5.74, 6) is -0.816. The van der Waals surface area contributed by atoms with Crippen LogP contribution in [0.2, 0.25) is 18.1 Å². The van der Waals surface area contributed by atoms with E-state index in [4.69, 9.17) is 4.43 Å². The normalized spacial score (nSPS) is 15.9. The second-order valence-electron chi connectivity index (χ2n) is 7.92. The number of allylic oxidation sites excluding steroid dienone is 2. The van der Waals surface area contributed by atoms with Crippen LogP contribution in [-0.4, -0.2) is 25.0 Å². The minimum Gasteiger partial charge on any atom is -0.507 e. The van der Waals surface area contributed by atoms with Gasteiger partial charge in [-0.2, -0.15) is 0 Å². The lowest BCUT2D eigenvalue weighted by molar-refractivity contribution is 0.0991. The Hall–Kier alpha value is -1.98. The van der Waals surface area contributed by atoms with Crippen LogP contribution in [0.15, 0.2) is 36.9 Å². The van der Waals surface area contributed by atoms with E-state index in [9.17, 15) is 14.7 Å². The number of ketones is 2. The molecule has 25 heavy (non-hydrogen) atoms. The maximum atomic E-state index is 12.2. The molecule has 0 amide bonds. The molecule has 0 aromatic heterocycles. The third kappa shape index (κ3) is 3.83. The van der Waals surface area contributed by atoms with E-state index < -0.39 is 8.32 Å². The van der Waals surface area contributed by atoms with E-state index in [1.54, 1.807) is 12.1 Å². The van der Waals surface area contributed by atoms with Crippen molar-refractivity contribution >= 4 is 19.9 Å². The smallest absolute Gasteiger partial charge is 0.192 e. The lowest BCUT2D eigenvalue weighted by atomic mass is 9.90. The van der Waals surface area contributed by atoms with Crippen LogP contribution < -0.4 is 0 Å². The molecule has 0 heterocycles. The summed E-state index contributed by atoms with van der Waals surface area (Å²) >= 11 is 0. The van der Waals surface area contributed by atoms with Gasteiger partial charge in [0.1, 0.15) is 5.75 Å². The third-order valence-corrected chi connectivity index (χ3v) is 9.52. The van der Waals surface area contributed by atoms with Gasteiger partial charge in [-0.1, -0.05) is 26.8 Å². The van der Waals surface area contributed by atoms with Crippen LogP contribution in [-0.2, 0) is 4.43 Å². The fourth-order valence-corrected chi connectivity index (χ4v) is 3.85. The SMILES string of the molecule is C=CCC(O[Si](C)(C)C(C)(C)C)c1cc(O)c2c(c1)C(=O)C=CC2=O. The molecule has 0 bridgehead atoms. The molecular formula is C20H26O4Si. The topological polar surface area (TPSA) is 63.6 Å². The number of carbonyl (C=O) groups is 2. The molecule has 2 rings (SSSR count). The standard InChI is InChI=1S/C20H26O4Si/c1-7-8-18(24-25(5,6)20(2,3)4)13-11-14-15(21)9-10-16(22)19(14)17(23)12-13/h7,9-12,18,23H,1,8H2,2-6H3. The molecule has 0 radical (unpaired) electrons. The lowest BCUT2D eigenvalue weighted by Crippen LogP contribution is -2.41. The molecule has 1 aromatic rings. The fourth-order valence-electron chi connectivity index (χ4n) is 2.55. The number of rotatable bonds is 5. The number of benzene rings is 1. The molecule has 4 nitrogen and oxygen atoms in total. The van der Waals surface area contributed by atoms with Gasteiger partial charge in [-0.05, 0) is 54.4 Å². The molecule has 1 unspecified atom stereocenters. The molecule has 0 spiro atoms. The third-order valence-electron chi connectivity index (χ3n) is 5.03. The second kappa shape index (κ2) is 6.73. The monoisotopic (exact) mass is 358 g/mol. The molecule has 134 valence electrons. The predicted octanol–water partition coefficient (Wildman–Crippen LogP) is 4.97. The number of phenolic OH excluding ortho intramolecular Hbond substituents is 1. The molecular weight excluding hydrogens is 332 g/mol. The number of hydrogen-bond acceptors (Lipinski definition) is 4. The Labute approximate surface area is 150 Å². The van der Waals surface area contributed by atoms with Crippen molar-refractivity contribution < 1.29 is 19.1 Å². The molecule has 1 N–H and O–H groups in total. The van der Waals surface area contributed by atoms with Gasteiger partial charge >= 0.3 is 0 Å². The average Bonchev–Trinajstić information content (AvgIpc) is 2.48. The van der Waals surface area contributed by atoms with Gasteiger partial charge in [-0.3, -0.25) is 9.59 Å². The summed E-state index contributed by atoms with van der Waals surface area (Å²) < 4.78 is 6.48. The minimum atomic E-state index is -2.07. The summed E-state index contributed by atoms with van der Waals surface area (Å²) in [5, 5.41) is 10.3. The minimum absolute atomic E-state index is 0.0250. The maximum absolute atomic E-state index is 12.2. The molecule has 1 atom stereocenters. The molecule has 1 aliphatic rings. The zero-order valence-electron chi connectivity index (χ0n) is 15.6. The zero-order valence-corrected chi connectivity index (χ0v) is 16.6. The quantitative estimate of drug-likeness (QED) is 0.596. The van der Waals surface area contributed by atoms with E-state index >= 15 is 0 Å². The first kappa shape index (κ1) is 19.3. The van der Waals surface area contributed by atoms with Gasteiger partial charge in [-0.25, -0.2) is 0 Å². The summed E-state index contributed by atoms with van der Waals surface area (Å²) in [5.41, 5.74) is 0.994. The van der Waals surface area contributed by atoms with Crippen LogP contribution in [0.3, 0.4) is 0 Å². The molecule has 0 aliphatic heterocycles. The Bertz CT molecular complexity index is 754. The largest absolute Gasteiger partial charge is 0.507 e. The van der Waals surface area contributed by atoms with E-state index in [1.165, 1.54) is 18.2 Å². The highest BCUT2D eigenvalue weighted by atomic mass is 28.4. The van der Waals surface area contributed by atoms with Gasteiger partial charge in [0.15, 0.2) is 19.9 Å². The van der Waals surface area contributed by atoms with Crippen molar-refractivity contribution in [1.29, 1.82) is 0 Å². The Morgan fingerprint density at radius 2 is 1.80 bits per heavy atom. The summed E-state index contributed by atoms with van der Waals surface area (Å²) in [7, 11) is -2.07. The van der Waals surface area contributed by atoms with Crippen molar-refractivity contribution in [2.75, 3.05) is 0 Å². The zero-order chi connectivity index (χ0) is 19.0. The van der Waals surface area contributed by atoms with Crippen LogP contribution in [0.25, 0.3) is 0 Å². The first-order valence-electron chi connectivity index (χ1n) is 8.40. The van der Waals surface area contributed by atoms with Gasteiger partial charge in [0.05, 0.1) is 11.7 Å². The van der Waals surface area contributed by atoms with Gasteiger partial charge < -0.3 is 9.53 Å². The molecule has 0 fully saturated rings. The first-order chi connectivity index (χ1) is 11.5. The Morgan fingerprint density at radius 1 is 1.20 bits per heavy atom. The Kier molecular flexibility index (Phi) is 5.21. The maximum Gasteiger partial charge on any atom is 0.192 e. The summed E-state index contributed by atoms with van der Waals surface area (Å²) in [6.45, 7) is 14.6. The lowest BCUT2D eigenvalue weighted by Gasteiger charge is -2.39. The van der Waals surface area contributed by atoms with Gasteiger partial charge in [0.2, 0.25) is 0 Å². The predicted molar refractivity (Wildman–Crippen MR) is 102 cm³/mol. The molecule has 5 heteroatoms. The highest BCUT2D eigenvalue weighted by Gasteiger charge is 2.39. The Morgan fingerprint density at radius 3 is 2.36 bits per heavy atom. The summed E-state index contributed by atoms with van der Waals surface area (Å²) in [6.07, 6.45) is 4.44. The van der Waals surface area contributed by atoms with E-state index in [-0.39, 0.29) is 39.6 Å². The van der Waals surface area contributed by atoms with Crippen LogP contribution in [0.5, 0.6) is 5.75 Å². The molecule has 0 saturated heterocycles. The Balaban J connectivity index is 2.49. The van der Waals surface area contributed by atoms with Gasteiger partial charge in [0.25, 0.3) is 0 Å². The van der Waals surface area contributed by atoms with Gasteiger partial charge in [-0.15, -0.1) is 6.58 Å². The van der Waals surface area contributed by atoms with Gasteiger partial charge in [0, 0.05) is 5.56 Å². The number of fused-ring (bicyclic) bond motifs is 1. The number of carbonyl (C=O) groups excluding carboxylic acids is 2. The van der Waals surface area contributed by atoms with Crippen molar-refractivity contribution in [1.82, 2.24) is 0 Å². The number of hydrogen-bond donors (Lipinski definition) is 1. The summed E-state index contributed by atoms with van der Waals surface area (Å²) in [4.78, 5) is 24.1. The highest BCUT2D eigenvalue weighted by molar-refractivity contribution is 6.74.